The van der Waals surface area contributed by atoms with Crippen molar-refractivity contribution in [3.05, 3.63) is 113 Å². The maximum atomic E-state index is 14.4. The minimum absolute atomic E-state index is 0.114. The van der Waals surface area contributed by atoms with Crippen LogP contribution in [0.15, 0.2) is 78.9 Å². The molecule has 0 saturated carbocycles. The lowest BCUT2D eigenvalue weighted by Crippen LogP contribution is -2.45. The van der Waals surface area contributed by atoms with Crippen molar-refractivity contribution in [3.8, 4) is 5.69 Å². The van der Waals surface area contributed by atoms with Crippen LogP contribution in [0, 0.1) is 11.7 Å². The monoisotopic (exact) mass is 604 g/mol. The van der Waals surface area contributed by atoms with Crippen LogP contribution in [-0.2, 0) is 17.5 Å². The van der Waals surface area contributed by atoms with Crippen molar-refractivity contribution in [2.75, 3.05) is 24.5 Å². The molecule has 1 amide bonds. The Bertz CT molecular complexity index is 1660. The molecule has 0 aliphatic carbocycles. The lowest BCUT2D eigenvalue weighted by atomic mass is 9.74. The van der Waals surface area contributed by atoms with Gasteiger partial charge in [0.25, 0.3) is 0 Å². The van der Waals surface area contributed by atoms with Crippen LogP contribution in [0.5, 0.6) is 0 Å². The van der Waals surface area contributed by atoms with Crippen molar-refractivity contribution in [2.45, 2.75) is 44.8 Å². The van der Waals surface area contributed by atoms with Gasteiger partial charge in [-0.2, -0.15) is 18.3 Å². The van der Waals surface area contributed by atoms with E-state index in [9.17, 15) is 27.2 Å². The van der Waals surface area contributed by atoms with Crippen molar-refractivity contribution in [1.82, 2.24) is 14.7 Å². The van der Waals surface area contributed by atoms with Crippen LogP contribution in [0.25, 0.3) is 5.69 Å². The SMILES string of the molecule is CCN1C(=O)[C@@H](CC(=O)c2cccc(C(F)(F)F)c2)[C@@H](c2ccc(F)cc2)c2c(CN3CCCC3)nn(-c3ccccc3)c21. The second-order valence-electron chi connectivity index (χ2n) is 11.3. The molecule has 3 heterocycles. The molecule has 44 heavy (non-hydrogen) atoms. The Hall–Kier alpha value is -4.31. The van der Waals surface area contributed by atoms with E-state index in [4.69, 9.17) is 5.10 Å². The molecule has 0 unspecified atom stereocenters. The van der Waals surface area contributed by atoms with Crippen LogP contribution in [0.2, 0.25) is 0 Å². The van der Waals surface area contributed by atoms with E-state index in [1.807, 2.05) is 37.3 Å². The van der Waals surface area contributed by atoms with E-state index in [1.54, 1.807) is 21.7 Å². The van der Waals surface area contributed by atoms with Crippen LogP contribution in [0.3, 0.4) is 0 Å². The summed E-state index contributed by atoms with van der Waals surface area (Å²) in [5.41, 5.74) is 1.88. The Labute approximate surface area is 252 Å². The summed E-state index contributed by atoms with van der Waals surface area (Å²) < 4.78 is 56.3. The topological polar surface area (TPSA) is 58.4 Å². The van der Waals surface area contributed by atoms with Gasteiger partial charge in [0.15, 0.2) is 5.78 Å². The van der Waals surface area contributed by atoms with E-state index in [2.05, 4.69) is 4.90 Å². The number of carbonyl (C=O) groups is 2. The highest BCUT2D eigenvalue weighted by atomic mass is 19.4. The minimum atomic E-state index is -4.61. The van der Waals surface area contributed by atoms with Gasteiger partial charge in [-0.25, -0.2) is 9.07 Å². The van der Waals surface area contributed by atoms with E-state index in [0.29, 0.717) is 17.9 Å². The quantitative estimate of drug-likeness (QED) is 0.160. The second-order valence-corrected chi connectivity index (χ2v) is 11.3. The molecule has 1 fully saturated rings. The van der Waals surface area contributed by atoms with Crippen LogP contribution >= 0.6 is 0 Å². The summed E-state index contributed by atoms with van der Waals surface area (Å²) in [4.78, 5) is 31.9. The number of nitrogens with zero attached hydrogens (tertiary/aromatic N) is 4. The first kappa shape index (κ1) is 29.7. The second kappa shape index (κ2) is 12.0. The lowest BCUT2D eigenvalue weighted by molar-refractivity contribution is -0.137. The zero-order chi connectivity index (χ0) is 31.0. The highest BCUT2D eigenvalue weighted by molar-refractivity contribution is 6.04. The summed E-state index contributed by atoms with van der Waals surface area (Å²) in [5, 5.41) is 5.06. The van der Waals surface area contributed by atoms with E-state index in [-0.39, 0.29) is 24.4 Å². The van der Waals surface area contributed by atoms with Crippen LogP contribution in [0.1, 0.15) is 64.8 Å². The van der Waals surface area contributed by atoms with Gasteiger partial charge in [0.05, 0.1) is 22.9 Å². The number of rotatable bonds is 8. The summed E-state index contributed by atoms with van der Waals surface area (Å²) in [7, 11) is 0. The third-order valence-electron chi connectivity index (χ3n) is 8.56. The van der Waals surface area contributed by atoms with Gasteiger partial charge in [0.2, 0.25) is 5.91 Å². The molecule has 3 aromatic carbocycles. The molecule has 2 aliphatic rings. The summed E-state index contributed by atoms with van der Waals surface area (Å²) in [5.74, 6) is -2.38. The predicted octanol–water partition coefficient (Wildman–Crippen LogP) is 7.01. The number of hydrogen-bond acceptors (Lipinski definition) is 4. The molecule has 1 saturated heterocycles. The van der Waals surface area contributed by atoms with Crippen LogP contribution < -0.4 is 4.90 Å². The Balaban J connectivity index is 1.52. The Morgan fingerprint density at radius 2 is 1.66 bits per heavy atom. The zero-order valence-corrected chi connectivity index (χ0v) is 24.2. The van der Waals surface area contributed by atoms with Crippen molar-refractivity contribution in [2.24, 2.45) is 5.92 Å². The fraction of sp³-hybridized carbons (Fsp3) is 0.324. The van der Waals surface area contributed by atoms with Gasteiger partial charge in [-0.3, -0.25) is 19.4 Å². The number of aromatic nitrogens is 2. The number of Topliss-reactive ketones (excluding diaryl/α,β-unsaturated/α-hetero) is 1. The van der Waals surface area contributed by atoms with Crippen molar-refractivity contribution in [3.63, 3.8) is 0 Å². The highest BCUT2D eigenvalue weighted by Gasteiger charge is 2.46. The number of anilines is 1. The van der Waals surface area contributed by atoms with Crippen LogP contribution in [-0.4, -0.2) is 46.0 Å². The Morgan fingerprint density at radius 3 is 2.32 bits per heavy atom. The van der Waals surface area contributed by atoms with Gasteiger partial charge in [0, 0.05) is 36.6 Å². The molecule has 10 heteroatoms. The molecule has 6 rings (SSSR count). The normalized spacial score (nSPS) is 18.9. The van der Waals surface area contributed by atoms with Crippen molar-refractivity contribution >= 4 is 17.5 Å². The molecular weight excluding hydrogens is 572 g/mol. The average molecular weight is 605 g/mol. The number of hydrogen-bond donors (Lipinski definition) is 0. The van der Waals surface area contributed by atoms with E-state index in [1.165, 1.54) is 24.3 Å². The van der Waals surface area contributed by atoms with E-state index < -0.39 is 35.2 Å². The van der Waals surface area contributed by atoms with E-state index >= 15 is 0 Å². The molecule has 4 aromatic rings. The van der Waals surface area contributed by atoms with Gasteiger partial charge in [-0.1, -0.05) is 42.5 Å². The molecular formula is C34H32F4N4O2. The molecule has 6 nitrogen and oxygen atoms in total. The Morgan fingerprint density at radius 1 is 0.955 bits per heavy atom. The lowest BCUT2D eigenvalue weighted by Gasteiger charge is -2.38. The molecule has 0 N–H and O–H groups in total. The van der Waals surface area contributed by atoms with Gasteiger partial charge >= 0.3 is 6.18 Å². The number of para-hydroxylation sites is 1. The summed E-state index contributed by atoms with van der Waals surface area (Å²) in [6, 6.07) is 19.6. The summed E-state index contributed by atoms with van der Waals surface area (Å²) >= 11 is 0. The summed E-state index contributed by atoms with van der Waals surface area (Å²) in [6.07, 6.45) is -2.80. The smallest absolute Gasteiger partial charge is 0.297 e. The largest absolute Gasteiger partial charge is 0.416 e. The number of ketones is 1. The minimum Gasteiger partial charge on any atom is -0.297 e. The average Bonchev–Trinajstić information content (AvgIpc) is 3.67. The Kier molecular flexibility index (Phi) is 8.11. The third-order valence-corrected chi connectivity index (χ3v) is 8.56. The number of carbonyl (C=O) groups excluding carboxylic acids is 2. The molecule has 1 aromatic heterocycles. The number of amides is 1. The van der Waals surface area contributed by atoms with E-state index in [0.717, 1.165) is 55.0 Å². The molecule has 0 bridgehead atoms. The third kappa shape index (κ3) is 5.66. The van der Waals surface area contributed by atoms with Crippen molar-refractivity contribution in [1.29, 1.82) is 0 Å². The molecule has 2 atom stereocenters. The van der Waals surface area contributed by atoms with Gasteiger partial charge in [-0.05, 0) is 74.8 Å². The van der Waals surface area contributed by atoms with Crippen LogP contribution in [0.4, 0.5) is 23.4 Å². The first-order valence-corrected chi connectivity index (χ1v) is 14.8. The first-order valence-electron chi connectivity index (χ1n) is 14.8. The number of benzene rings is 3. The molecule has 2 aliphatic heterocycles. The standard InChI is InChI=1S/C34H32F4N4O2/c1-2-41-32-31(28(21-40-17-6-7-18-40)39-42(32)26-11-4-3-5-12-26)30(22-13-15-25(35)16-14-22)27(33(41)44)20-29(43)23-9-8-10-24(19-23)34(36,37)38/h3-5,8-16,19,27,30H,2,6-7,17-18,20-21H2,1H3/t27-,30+/m0/s1. The first-order chi connectivity index (χ1) is 21.2. The predicted molar refractivity (Wildman–Crippen MR) is 158 cm³/mol. The number of fused-ring (bicyclic) bond motifs is 1. The molecule has 0 radical (unpaired) electrons. The summed E-state index contributed by atoms with van der Waals surface area (Å²) in [6.45, 7) is 4.47. The number of alkyl halides is 3. The van der Waals surface area contributed by atoms with Gasteiger partial charge in [-0.15, -0.1) is 0 Å². The fourth-order valence-electron chi connectivity index (χ4n) is 6.48. The maximum absolute atomic E-state index is 14.4. The molecule has 0 spiro atoms. The van der Waals surface area contributed by atoms with Crippen molar-refractivity contribution < 1.29 is 27.2 Å². The zero-order valence-electron chi connectivity index (χ0n) is 24.2. The highest BCUT2D eigenvalue weighted by Crippen LogP contribution is 2.48. The molecule has 228 valence electrons. The maximum Gasteiger partial charge on any atom is 0.416 e. The van der Waals surface area contributed by atoms with Gasteiger partial charge in [0.1, 0.15) is 11.6 Å². The number of likely N-dealkylation sites (tertiary alicyclic amines) is 1. The van der Waals surface area contributed by atoms with Gasteiger partial charge < -0.3 is 0 Å². The fourth-order valence-corrected chi connectivity index (χ4v) is 6.48. The number of halogens is 4.